The van der Waals surface area contributed by atoms with Crippen LogP contribution in [0.15, 0.2) is 52.1 Å². The third-order valence-corrected chi connectivity index (χ3v) is 4.34. The lowest BCUT2D eigenvalue weighted by Gasteiger charge is -2.10. The highest BCUT2D eigenvalue weighted by molar-refractivity contribution is 6.30. The van der Waals surface area contributed by atoms with Gasteiger partial charge in [0, 0.05) is 30.7 Å². The van der Waals surface area contributed by atoms with E-state index in [4.69, 9.17) is 11.6 Å². The summed E-state index contributed by atoms with van der Waals surface area (Å²) in [5.41, 5.74) is 0.0591. The summed E-state index contributed by atoms with van der Waals surface area (Å²) >= 11 is 5.84. The minimum atomic E-state index is -0.560. The number of benzene rings is 2. The molecule has 2 aromatic carbocycles. The summed E-state index contributed by atoms with van der Waals surface area (Å²) in [5.74, 6) is 0. The van der Waals surface area contributed by atoms with Crippen LogP contribution >= 0.6 is 11.6 Å². The molecule has 0 bridgehead atoms. The molecule has 0 atom stereocenters. The van der Waals surface area contributed by atoms with Crippen molar-refractivity contribution in [1.82, 2.24) is 9.13 Å². The maximum absolute atomic E-state index is 12.6. The van der Waals surface area contributed by atoms with Gasteiger partial charge in [0.1, 0.15) is 0 Å². The SMILES string of the molecule is Cn1c(=O)n(CCc2ccc(Cl)cc2)c(=O)c2ccc([N+](=O)[O-])cc21. The summed E-state index contributed by atoms with van der Waals surface area (Å²) in [5, 5.41) is 11.8. The largest absolute Gasteiger partial charge is 0.331 e. The average Bonchev–Trinajstić information content (AvgIpc) is 2.60. The molecule has 0 spiro atoms. The lowest BCUT2D eigenvalue weighted by Crippen LogP contribution is -2.39. The first-order chi connectivity index (χ1) is 11.9. The fraction of sp³-hybridized carbons (Fsp3) is 0.176. The van der Waals surface area contributed by atoms with E-state index in [0.29, 0.717) is 11.4 Å². The van der Waals surface area contributed by atoms with E-state index >= 15 is 0 Å². The minimum absolute atomic E-state index is 0.166. The number of fused-ring (bicyclic) bond motifs is 1. The van der Waals surface area contributed by atoms with Crippen LogP contribution in [-0.4, -0.2) is 14.1 Å². The molecular weight excluding hydrogens is 346 g/mol. The Hall–Kier alpha value is -2.93. The van der Waals surface area contributed by atoms with E-state index in [1.54, 1.807) is 12.1 Å². The highest BCUT2D eigenvalue weighted by atomic mass is 35.5. The second-order valence-corrected chi connectivity index (χ2v) is 6.07. The maximum atomic E-state index is 12.6. The Morgan fingerprint density at radius 3 is 2.44 bits per heavy atom. The predicted molar refractivity (Wildman–Crippen MR) is 95.3 cm³/mol. The molecule has 0 amide bonds. The van der Waals surface area contributed by atoms with Crippen LogP contribution in [0.3, 0.4) is 0 Å². The smallest absolute Gasteiger partial charge is 0.296 e. The van der Waals surface area contributed by atoms with Gasteiger partial charge in [-0.2, -0.15) is 0 Å². The number of nitro benzene ring substituents is 1. The lowest BCUT2D eigenvalue weighted by molar-refractivity contribution is -0.384. The van der Waals surface area contributed by atoms with Crippen molar-refractivity contribution in [2.45, 2.75) is 13.0 Å². The van der Waals surface area contributed by atoms with Crippen molar-refractivity contribution in [2.24, 2.45) is 7.05 Å². The van der Waals surface area contributed by atoms with Gasteiger partial charge >= 0.3 is 5.69 Å². The number of hydrogen-bond donors (Lipinski definition) is 0. The third-order valence-electron chi connectivity index (χ3n) is 4.08. The summed E-state index contributed by atoms with van der Waals surface area (Å²) in [6.45, 7) is 0.208. The number of aromatic nitrogens is 2. The van der Waals surface area contributed by atoms with Gasteiger partial charge < -0.3 is 0 Å². The Bertz CT molecular complexity index is 1080. The molecule has 1 heterocycles. The Kier molecular flexibility index (Phi) is 4.41. The number of nitro groups is 1. The Labute approximate surface area is 146 Å². The first-order valence-corrected chi connectivity index (χ1v) is 7.88. The summed E-state index contributed by atoms with van der Waals surface area (Å²) in [7, 11) is 1.49. The lowest BCUT2D eigenvalue weighted by atomic mass is 10.1. The topological polar surface area (TPSA) is 87.1 Å². The van der Waals surface area contributed by atoms with Gasteiger partial charge in [0.25, 0.3) is 11.2 Å². The highest BCUT2D eigenvalue weighted by Crippen LogP contribution is 2.17. The van der Waals surface area contributed by atoms with E-state index in [1.807, 2.05) is 12.1 Å². The number of nitrogens with zero attached hydrogens (tertiary/aromatic N) is 3. The molecule has 0 unspecified atom stereocenters. The molecule has 0 aliphatic heterocycles. The summed E-state index contributed by atoms with van der Waals surface area (Å²) in [4.78, 5) is 35.5. The molecule has 8 heteroatoms. The van der Waals surface area contributed by atoms with E-state index in [9.17, 15) is 19.7 Å². The molecule has 0 N–H and O–H groups in total. The predicted octanol–water partition coefficient (Wildman–Crippen LogP) is 2.50. The van der Waals surface area contributed by atoms with E-state index in [1.165, 1.54) is 29.8 Å². The molecule has 128 valence electrons. The Morgan fingerprint density at radius 2 is 1.80 bits per heavy atom. The van der Waals surface area contributed by atoms with Crippen LogP contribution in [0.1, 0.15) is 5.56 Å². The normalized spacial score (nSPS) is 11.0. The molecule has 0 saturated heterocycles. The quantitative estimate of drug-likeness (QED) is 0.529. The fourth-order valence-electron chi connectivity index (χ4n) is 2.70. The minimum Gasteiger partial charge on any atom is -0.296 e. The van der Waals surface area contributed by atoms with Crippen molar-refractivity contribution in [1.29, 1.82) is 0 Å². The fourth-order valence-corrected chi connectivity index (χ4v) is 2.82. The van der Waals surface area contributed by atoms with Gasteiger partial charge in [-0.25, -0.2) is 4.79 Å². The zero-order valence-electron chi connectivity index (χ0n) is 13.3. The molecule has 3 aromatic rings. The zero-order valence-corrected chi connectivity index (χ0v) is 14.1. The molecular formula is C17H14ClN3O4. The Balaban J connectivity index is 2.05. The number of non-ortho nitro benzene ring substituents is 1. The second kappa shape index (κ2) is 6.52. The van der Waals surface area contributed by atoms with Crippen LogP contribution in [-0.2, 0) is 20.0 Å². The van der Waals surface area contributed by atoms with Crippen molar-refractivity contribution in [2.75, 3.05) is 0 Å². The van der Waals surface area contributed by atoms with Gasteiger partial charge in [-0.05, 0) is 30.2 Å². The van der Waals surface area contributed by atoms with Gasteiger partial charge in [-0.1, -0.05) is 23.7 Å². The first kappa shape index (κ1) is 16.9. The van der Waals surface area contributed by atoms with Gasteiger partial charge in [-0.3, -0.25) is 24.0 Å². The van der Waals surface area contributed by atoms with Crippen LogP contribution in [0, 0.1) is 10.1 Å². The van der Waals surface area contributed by atoms with Gasteiger partial charge in [0.2, 0.25) is 0 Å². The van der Waals surface area contributed by atoms with Crippen LogP contribution < -0.4 is 11.2 Å². The number of aryl methyl sites for hydroxylation is 2. The molecule has 3 rings (SSSR count). The second-order valence-electron chi connectivity index (χ2n) is 5.63. The van der Waals surface area contributed by atoms with Crippen LogP contribution in [0.2, 0.25) is 5.02 Å². The summed E-state index contributed by atoms with van der Waals surface area (Å²) in [6.07, 6.45) is 0.491. The van der Waals surface area contributed by atoms with E-state index in [2.05, 4.69) is 0 Å². The van der Waals surface area contributed by atoms with Crippen molar-refractivity contribution in [3.8, 4) is 0 Å². The van der Waals surface area contributed by atoms with Gasteiger partial charge in [-0.15, -0.1) is 0 Å². The van der Waals surface area contributed by atoms with Crippen LogP contribution in [0.25, 0.3) is 10.9 Å². The van der Waals surface area contributed by atoms with Gasteiger partial charge in [0.05, 0.1) is 15.8 Å². The third kappa shape index (κ3) is 3.18. The molecule has 7 nitrogen and oxygen atoms in total. The molecule has 25 heavy (non-hydrogen) atoms. The standard InChI is InChI=1S/C17H14ClN3O4/c1-19-15-10-13(21(24)25)6-7-14(15)16(22)20(17(19)23)9-8-11-2-4-12(18)5-3-11/h2-7,10H,8-9H2,1H3. The van der Waals surface area contributed by atoms with Crippen molar-refractivity contribution in [3.05, 3.63) is 84.0 Å². The van der Waals surface area contributed by atoms with Crippen molar-refractivity contribution in [3.63, 3.8) is 0 Å². The average molecular weight is 360 g/mol. The molecule has 0 saturated carbocycles. The molecule has 0 fully saturated rings. The van der Waals surface area contributed by atoms with E-state index < -0.39 is 16.2 Å². The van der Waals surface area contributed by atoms with Crippen molar-refractivity contribution < 1.29 is 4.92 Å². The molecule has 0 aliphatic carbocycles. The number of hydrogen-bond acceptors (Lipinski definition) is 4. The van der Waals surface area contributed by atoms with Crippen molar-refractivity contribution >= 4 is 28.2 Å². The number of halogens is 1. The monoisotopic (exact) mass is 359 g/mol. The number of rotatable bonds is 4. The van der Waals surface area contributed by atoms with Crippen LogP contribution in [0.4, 0.5) is 5.69 Å². The van der Waals surface area contributed by atoms with E-state index in [0.717, 1.165) is 10.1 Å². The van der Waals surface area contributed by atoms with Crippen LogP contribution in [0.5, 0.6) is 0 Å². The first-order valence-electron chi connectivity index (χ1n) is 7.51. The van der Waals surface area contributed by atoms with E-state index in [-0.39, 0.29) is 23.1 Å². The summed E-state index contributed by atoms with van der Waals surface area (Å²) < 4.78 is 2.40. The molecule has 0 aliphatic rings. The summed E-state index contributed by atoms with van der Waals surface area (Å²) in [6, 6.07) is 11.0. The zero-order chi connectivity index (χ0) is 18.1. The highest BCUT2D eigenvalue weighted by Gasteiger charge is 2.14. The van der Waals surface area contributed by atoms with Gasteiger partial charge in [0.15, 0.2) is 0 Å². The maximum Gasteiger partial charge on any atom is 0.331 e. The molecule has 1 aromatic heterocycles. The molecule has 0 radical (unpaired) electrons. The Morgan fingerprint density at radius 1 is 1.12 bits per heavy atom.